The van der Waals surface area contributed by atoms with Gasteiger partial charge in [-0.25, -0.2) is 13.7 Å². The largest absolute Gasteiger partial charge is 0.472 e. The molecule has 0 aromatic rings. The van der Waals surface area contributed by atoms with E-state index in [1.165, 1.54) is 6.92 Å². The molecule has 0 fully saturated rings. The van der Waals surface area contributed by atoms with Gasteiger partial charge in [0.25, 0.3) is 0 Å². The smallest absolute Gasteiger partial charge is 0.396 e. The Balaban J connectivity index is 4.92. The van der Waals surface area contributed by atoms with Gasteiger partial charge >= 0.3 is 23.5 Å². The third-order valence-electron chi connectivity index (χ3n) is 5.19. The quantitative estimate of drug-likeness (QED) is 0.144. The second kappa shape index (κ2) is 14.3. The maximum Gasteiger partial charge on any atom is 0.472 e. The molecule has 0 aliphatic rings. The molecule has 0 heterocycles. The molecule has 0 radical (unpaired) electrons. The van der Waals surface area contributed by atoms with E-state index in [4.69, 9.17) is 33.0 Å². The summed E-state index contributed by atoms with van der Waals surface area (Å²) in [5.74, 6) is -0.765. The van der Waals surface area contributed by atoms with E-state index in [1.807, 2.05) is 0 Å². The number of phosphoric ester groups is 3. The highest BCUT2D eigenvalue weighted by Gasteiger charge is 2.38. The predicted molar refractivity (Wildman–Crippen MR) is 124 cm³/mol. The fraction of sp³-hybridized carbons (Fsp3) is 1.00. The van der Waals surface area contributed by atoms with Gasteiger partial charge in [0.05, 0.1) is 31.0 Å². The fourth-order valence-electron chi connectivity index (χ4n) is 2.81. The summed E-state index contributed by atoms with van der Waals surface area (Å²) in [6, 6.07) is 0. The second-order valence-electron chi connectivity index (χ2n) is 8.99. The third kappa shape index (κ3) is 15.4. The first-order valence-corrected chi connectivity index (χ1v) is 15.5. The molecule has 16 heteroatoms. The lowest BCUT2D eigenvalue weighted by Crippen LogP contribution is -2.31. The molecule has 0 aliphatic heterocycles. The van der Waals surface area contributed by atoms with E-state index in [9.17, 15) is 23.5 Å². The summed E-state index contributed by atoms with van der Waals surface area (Å²) in [5.41, 5.74) is -2.36. The van der Waals surface area contributed by atoms with Crippen LogP contribution in [0, 0.1) is 11.8 Å². The van der Waals surface area contributed by atoms with E-state index in [0.717, 1.165) is 0 Å². The topological polar surface area (TPSA) is 199 Å². The van der Waals surface area contributed by atoms with Gasteiger partial charge < -0.3 is 24.7 Å². The van der Waals surface area contributed by atoms with Gasteiger partial charge in [-0.1, -0.05) is 27.7 Å². The van der Waals surface area contributed by atoms with Crippen LogP contribution in [0.2, 0.25) is 0 Å². The van der Waals surface area contributed by atoms with Crippen molar-refractivity contribution in [3.63, 3.8) is 0 Å². The van der Waals surface area contributed by atoms with Gasteiger partial charge in [0.15, 0.2) is 0 Å². The van der Waals surface area contributed by atoms with E-state index in [0.29, 0.717) is 6.42 Å². The Bertz CT molecular complexity index is 745. The molecule has 0 spiro atoms. The lowest BCUT2D eigenvalue weighted by molar-refractivity contribution is -0.00779. The summed E-state index contributed by atoms with van der Waals surface area (Å²) in [5, 5.41) is 9.00. The van der Waals surface area contributed by atoms with Crippen LogP contribution in [-0.2, 0) is 36.3 Å². The van der Waals surface area contributed by atoms with Crippen molar-refractivity contribution in [2.75, 3.05) is 26.4 Å². The molecule has 0 aromatic heterocycles. The summed E-state index contributed by atoms with van der Waals surface area (Å²) < 4.78 is 60.6. The van der Waals surface area contributed by atoms with Crippen LogP contribution in [0.25, 0.3) is 0 Å². The van der Waals surface area contributed by atoms with Gasteiger partial charge in [-0.15, -0.1) is 0 Å². The Kier molecular flexibility index (Phi) is 14.4. The molecule has 206 valence electrons. The molecule has 0 saturated heterocycles. The first-order chi connectivity index (χ1) is 15.3. The van der Waals surface area contributed by atoms with Crippen molar-refractivity contribution in [1.29, 1.82) is 0 Å². The molecular formula is C18H41O13P3. The highest BCUT2D eigenvalue weighted by molar-refractivity contribution is 7.47. The van der Waals surface area contributed by atoms with Gasteiger partial charge in [-0.3, -0.25) is 22.6 Å². The lowest BCUT2D eigenvalue weighted by Gasteiger charge is -2.33. The normalized spacial score (nSPS) is 21.6. The highest BCUT2D eigenvalue weighted by atomic mass is 31.2. The maximum absolute atomic E-state index is 12.5. The molecule has 0 amide bonds. The standard InChI is InChI=1S/C18H41O13P3/c1-7-17(5,30-34(25,26)29-14-16(4)12-19)9-10-27-33(23,24)31-18(6,8-2)11-15(3)13-28-32(20,21)22/h15-16,19H,7-14H2,1-6H3,(H,23,24)(H,25,26)(H2,20,21,22). The van der Waals surface area contributed by atoms with E-state index in [-0.39, 0.29) is 51.6 Å². The van der Waals surface area contributed by atoms with E-state index in [2.05, 4.69) is 4.52 Å². The summed E-state index contributed by atoms with van der Waals surface area (Å²) >= 11 is 0. The van der Waals surface area contributed by atoms with Gasteiger partial charge in [0.2, 0.25) is 0 Å². The molecule has 0 aliphatic carbocycles. The number of aliphatic hydroxyl groups is 1. The number of phosphoric acid groups is 3. The Hall–Kier alpha value is 0.290. The van der Waals surface area contributed by atoms with Crippen molar-refractivity contribution in [3.8, 4) is 0 Å². The number of hydrogen-bond donors (Lipinski definition) is 5. The Morgan fingerprint density at radius 3 is 1.71 bits per heavy atom. The molecule has 6 unspecified atom stereocenters. The summed E-state index contributed by atoms with van der Waals surface area (Å²) in [6.07, 6.45) is 0.690. The Morgan fingerprint density at radius 1 is 0.765 bits per heavy atom. The van der Waals surface area contributed by atoms with Crippen molar-refractivity contribution in [1.82, 2.24) is 0 Å². The molecule has 13 nitrogen and oxygen atoms in total. The molecule has 0 bridgehead atoms. The average Bonchev–Trinajstić information content (AvgIpc) is 2.69. The molecule has 34 heavy (non-hydrogen) atoms. The van der Waals surface area contributed by atoms with Crippen LogP contribution in [0.15, 0.2) is 0 Å². The lowest BCUT2D eigenvalue weighted by atomic mass is 9.91. The minimum Gasteiger partial charge on any atom is -0.396 e. The van der Waals surface area contributed by atoms with Crippen molar-refractivity contribution in [2.45, 2.75) is 78.4 Å². The van der Waals surface area contributed by atoms with Crippen LogP contribution in [0.5, 0.6) is 0 Å². The molecule has 6 atom stereocenters. The first kappa shape index (κ1) is 34.3. The zero-order valence-corrected chi connectivity index (χ0v) is 23.3. The van der Waals surface area contributed by atoms with Crippen molar-refractivity contribution >= 4 is 23.5 Å². The number of aliphatic hydroxyl groups excluding tert-OH is 1. The first-order valence-electron chi connectivity index (χ1n) is 11.0. The summed E-state index contributed by atoms with van der Waals surface area (Å²) in [4.78, 5) is 37.8. The van der Waals surface area contributed by atoms with Crippen LogP contribution >= 0.6 is 23.5 Å². The van der Waals surface area contributed by atoms with Crippen LogP contribution < -0.4 is 0 Å². The van der Waals surface area contributed by atoms with E-state index >= 15 is 0 Å². The fourth-order valence-corrected chi connectivity index (χ4v) is 5.67. The van der Waals surface area contributed by atoms with Crippen molar-refractivity contribution in [3.05, 3.63) is 0 Å². The number of rotatable bonds is 19. The summed E-state index contributed by atoms with van der Waals surface area (Å²) in [7, 11) is -13.6. The van der Waals surface area contributed by atoms with E-state index in [1.54, 1.807) is 34.6 Å². The van der Waals surface area contributed by atoms with E-state index < -0.39 is 40.6 Å². The van der Waals surface area contributed by atoms with Gasteiger partial charge in [-0.2, -0.15) is 0 Å². The minimum atomic E-state index is -4.63. The van der Waals surface area contributed by atoms with Crippen LogP contribution in [0.1, 0.15) is 67.2 Å². The second-order valence-corrected chi connectivity index (χ2v) is 13.0. The molecule has 0 rings (SSSR count). The summed E-state index contributed by atoms with van der Waals surface area (Å²) in [6.45, 7) is 8.77. The molecule has 5 N–H and O–H groups in total. The monoisotopic (exact) mass is 558 g/mol. The van der Waals surface area contributed by atoms with Crippen LogP contribution in [-0.4, -0.2) is 62.3 Å². The number of hydrogen-bond acceptors (Lipinski definition) is 9. The Morgan fingerprint density at radius 2 is 1.24 bits per heavy atom. The maximum atomic E-state index is 12.5. The third-order valence-corrected chi connectivity index (χ3v) is 8.01. The van der Waals surface area contributed by atoms with Gasteiger partial charge in [0, 0.05) is 18.9 Å². The SMILES string of the molecule is CCC(C)(CCOP(=O)(O)OC(C)(CC)CC(C)COP(=O)(O)O)OP(=O)(O)OCC(C)CO. The van der Waals surface area contributed by atoms with Crippen molar-refractivity contribution < 1.29 is 61.0 Å². The Labute approximate surface area is 201 Å². The molecular weight excluding hydrogens is 517 g/mol. The predicted octanol–water partition coefficient (Wildman–Crippen LogP) is 3.75. The van der Waals surface area contributed by atoms with Crippen LogP contribution in [0.4, 0.5) is 0 Å². The zero-order chi connectivity index (χ0) is 26.8. The average molecular weight is 558 g/mol. The van der Waals surface area contributed by atoms with Gasteiger partial charge in [-0.05, 0) is 39.0 Å². The van der Waals surface area contributed by atoms with Crippen LogP contribution in [0.3, 0.4) is 0 Å². The molecule has 0 aromatic carbocycles. The highest BCUT2D eigenvalue weighted by Crippen LogP contribution is 2.52. The molecule has 0 saturated carbocycles. The zero-order valence-electron chi connectivity index (χ0n) is 20.7. The van der Waals surface area contributed by atoms with Crippen molar-refractivity contribution in [2.24, 2.45) is 11.8 Å². The van der Waals surface area contributed by atoms with Gasteiger partial charge in [0.1, 0.15) is 0 Å². The minimum absolute atomic E-state index is 0.0315.